The normalized spacial score (nSPS) is 23.3. The third-order valence-corrected chi connectivity index (χ3v) is 3.89. The van der Waals surface area contributed by atoms with E-state index in [1.165, 1.54) is 19.3 Å². The van der Waals surface area contributed by atoms with E-state index in [0.29, 0.717) is 18.1 Å². The molecule has 4 heteroatoms. The van der Waals surface area contributed by atoms with E-state index >= 15 is 0 Å². The Kier molecular flexibility index (Phi) is 4.75. The van der Waals surface area contributed by atoms with Crippen LogP contribution in [0, 0.1) is 0 Å². The van der Waals surface area contributed by atoms with E-state index < -0.39 is 0 Å². The van der Waals surface area contributed by atoms with Gasteiger partial charge >= 0.3 is 0 Å². The SMILES string of the molecule is CCC1CCC(C)N1c1ncc(CNC(C)C)cn1. The van der Waals surface area contributed by atoms with E-state index in [1.54, 1.807) is 0 Å². The Hall–Kier alpha value is -1.16. The number of anilines is 1. The Morgan fingerprint density at radius 1 is 1.32 bits per heavy atom. The summed E-state index contributed by atoms with van der Waals surface area (Å²) in [4.78, 5) is 11.5. The average Bonchev–Trinajstić information content (AvgIpc) is 2.78. The molecule has 2 heterocycles. The molecule has 0 radical (unpaired) electrons. The minimum Gasteiger partial charge on any atom is -0.335 e. The fourth-order valence-corrected chi connectivity index (χ4v) is 2.73. The lowest BCUT2D eigenvalue weighted by Gasteiger charge is -2.27. The molecule has 2 rings (SSSR count). The molecule has 0 aromatic carbocycles. The second-order valence-electron chi connectivity index (χ2n) is 5.82. The maximum Gasteiger partial charge on any atom is 0.225 e. The Bertz CT molecular complexity index is 388. The lowest BCUT2D eigenvalue weighted by atomic mass is 10.2. The van der Waals surface area contributed by atoms with Gasteiger partial charge in [0.25, 0.3) is 0 Å². The van der Waals surface area contributed by atoms with Gasteiger partial charge in [-0.2, -0.15) is 0 Å². The second-order valence-corrected chi connectivity index (χ2v) is 5.82. The zero-order chi connectivity index (χ0) is 13.8. The third kappa shape index (κ3) is 3.44. The third-order valence-electron chi connectivity index (χ3n) is 3.89. The highest BCUT2D eigenvalue weighted by Gasteiger charge is 2.30. The van der Waals surface area contributed by atoms with Gasteiger partial charge in [0.1, 0.15) is 0 Å². The molecule has 2 atom stereocenters. The van der Waals surface area contributed by atoms with Gasteiger partial charge in [-0.05, 0) is 26.2 Å². The van der Waals surface area contributed by atoms with E-state index in [2.05, 4.69) is 47.9 Å². The van der Waals surface area contributed by atoms with Crippen molar-refractivity contribution in [2.24, 2.45) is 0 Å². The fraction of sp³-hybridized carbons (Fsp3) is 0.733. The van der Waals surface area contributed by atoms with Gasteiger partial charge in [0.15, 0.2) is 0 Å². The molecule has 0 aliphatic carbocycles. The van der Waals surface area contributed by atoms with Gasteiger partial charge in [-0.25, -0.2) is 9.97 Å². The Morgan fingerprint density at radius 3 is 2.58 bits per heavy atom. The van der Waals surface area contributed by atoms with E-state index in [1.807, 2.05) is 12.4 Å². The molecular weight excluding hydrogens is 236 g/mol. The number of hydrogen-bond donors (Lipinski definition) is 1. The van der Waals surface area contributed by atoms with Crippen molar-refractivity contribution >= 4 is 5.95 Å². The number of aromatic nitrogens is 2. The summed E-state index contributed by atoms with van der Waals surface area (Å²) >= 11 is 0. The number of nitrogens with zero attached hydrogens (tertiary/aromatic N) is 3. The maximum atomic E-state index is 4.56. The van der Waals surface area contributed by atoms with E-state index in [9.17, 15) is 0 Å². The molecule has 2 unspecified atom stereocenters. The zero-order valence-electron chi connectivity index (χ0n) is 12.6. The molecule has 1 N–H and O–H groups in total. The van der Waals surface area contributed by atoms with Crippen molar-refractivity contribution in [2.45, 2.75) is 71.6 Å². The summed E-state index contributed by atoms with van der Waals surface area (Å²) in [5.74, 6) is 0.894. The topological polar surface area (TPSA) is 41.1 Å². The van der Waals surface area contributed by atoms with Crippen LogP contribution in [-0.2, 0) is 6.54 Å². The molecule has 1 aromatic heterocycles. The Labute approximate surface area is 116 Å². The summed E-state index contributed by atoms with van der Waals surface area (Å²) in [6.45, 7) is 9.65. The predicted molar refractivity (Wildman–Crippen MR) is 79.3 cm³/mol. The maximum absolute atomic E-state index is 4.56. The van der Waals surface area contributed by atoms with Crippen molar-refractivity contribution in [1.82, 2.24) is 15.3 Å². The van der Waals surface area contributed by atoms with Gasteiger partial charge in [0.2, 0.25) is 5.95 Å². The van der Waals surface area contributed by atoms with Gasteiger partial charge in [-0.1, -0.05) is 20.8 Å². The van der Waals surface area contributed by atoms with Crippen molar-refractivity contribution in [3.8, 4) is 0 Å². The lowest BCUT2D eigenvalue weighted by molar-refractivity contribution is 0.584. The van der Waals surface area contributed by atoms with Gasteiger partial charge in [0.05, 0.1) is 0 Å². The first-order valence-electron chi connectivity index (χ1n) is 7.44. The van der Waals surface area contributed by atoms with Crippen LogP contribution in [0.25, 0.3) is 0 Å². The number of hydrogen-bond acceptors (Lipinski definition) is 4. The fourth-order valence-electron chi connectivity index (χ4n) is 2.73. The van der Waals surface area contributed by atoms with E-state index in [-0.39, 0.29) is 0 Å². The highest BCUT2D eigenvalue weighted by molar-refractivity contribution is 5.35. The molecule has 19 heavy (non-hydrogen) atoms. The van der Waals surface area contributed by atoms with Crippen LogP contribution in [0.3, 0.4) is 0 Å². The summed E-state index contributed by atoms with van der Waals surface area (Å²) in [7, 11) is 0. The summed E-state index contributed by atoms with van der Waals surface area (Å²) in [5.41, 5.74) is 1.15. The van der Waals surface area contributed by atoms with Gasteiger partial charge in [-0.15, -0.1) is 0 Å². The zero-order valence-corrected chi connectivity index (χ0v) is 12.6. The molecule has 0 amide bonds. The molecule has 1 saturated heterocycles. The van der Waals surface area contributed by atoms with Crippen molar-refractivity contribution in [1.29, 1.82) is 0 Å². The van der Waals surface area contributed by atoms with Crippen molar-refractivity contribution in [2.75, 3.05) is 4.90 Å². The lowest BCUT2D eigenvalue weighted by Crippen LogP contribution is -2.35. The largest absolute Gasteiger partial charge is 0.335 e. The molecule has 4 nitrogen and oxygen atoms in total. The van der Waals surface area contributed by atoms with Crippen LogP contribution in [0.4, 0.5) is 5.95 Å². The predicted octanol–water partition coefficient (Wildman–Crippen LogP) is 2.74. The smallest absolute Gasteiger partial charge is 0.225 e. The van der Waals surface area contributed by atoms with Gasteiger partial charge < -0.3 is 10.2 Å². The summed E-state index contributed by atoms with van der Waals surface area (Å²) < 4.78 is 0. The highest BCUT2D eigenvalue weighted by atomic mass is 15.3. The minimum absolute atomic E-state index is 0.489. The molecule has 1 fully saturated rings. The van der Waals surface area contributed by atoms with Crippen molar-refractivity contribution in [3.05, 3.63) is 18.0 Å². The van der Waals surface area contributed by atoms with E-state index in [4.69, 9.17) is 0 Å². The molecule has 0 saturated carbocycles. The van der Waals surface area contributed by atoms with Gasteiger partial charge in [0, 0.05) is 42.6 Å². The van der Waals surface area contributed by atoms with Crippen molar-refractivity contribution in [3.63, 3.8) is 0 Å². The first kappa shape index (κ1) is 14.3. The first-order chi connectivity index (χ1) is 9.11. The Morgan fingerprint density at radius 2 is 2.00 bits per heavy atom. The Balaban J connectivity index is 2.05. The number of nitrogens with one attached hydrogen (secondary N) is 1. The highest BCUT2D eigenvalue weighted by Crippen LogP contribution is 2.29. The van der Waals surface area contributed by atoms with Crippen LogP contribution in [-0.4, -0.2) is 28.1 Å². The minimum atomic E-state index is 0.489. The van der Waals surface area contributed by atoms with E-state index in [0.717, 1.165) is 18.1 Å². The van der Waals surface area contributed by atoms with Crippen LogP contribution >= 0.6 is 0 Å². The van der Waals surface area contributed by atoms with Gasteiger partial charge in [-0.3, -0.25) is 0 Å². The van der Waals surface area contributed by atoms with Crippen LogP contribution in [0.5, 0.6) is 0 Å². The average molecular weight is 262 g/mol. The molecule has 0 bridgehead atoms. The van der Waals surface area contributed by atoms with Crippen LogP contribution < -0.4 is 10.2 Å². The molecule has 1 aromatic rings. The molecular formula is C15H26N4. The standard InChI is InChI=1S/C15H26N4/c1-5-14-7-6-12(4)19(14)15-17-9-13(10-18-15)8-16-11(2)3/h9-12,14,16H,5-8H2,1-4H3. The summed E-state index contributed by atoms with van der Waals surface area (Å²) in [5, 5.41) is 3.39. The van der Waals surface area contributed by atoms with Crippen molar-refractivity contribution < 1.29 is 0 Å². The first-order valence-corrected chi connectivity index (χ1v) is 7.44. The molecule has 106 valence electrons. The quantitative estimate of drug-likeness (QED) is 0.886. The molecule has 0 spiro atoms. The van der Waals surface area contributed by atoms with Crippen LogP contribution in [0.1, 0.15) is 52.5 Å². The molecule has 1 aliphatic heterocycles. The monoisotopic (exact) mass is 262 g/mol. The summed E-state index contributed by atoms with van der Waals surface area (Å²) in [6, 6.07) is 1.65. The van der Waals surface area contributed by atoms with Crippen LogP contribution in [0.2, 0.25) is 0 Å². The second kappa shape index (κ2) is 6.33. The number of rotatable bonds is 5. The summed E-state index contributed by atoms with van der Waals surface area (Å²) in [6.07, 6.45) is 7.59. The van der Waals surface area contributed by atoms with Crippen LogP contribution in [0.15, 0.2) is 12.4 Å². The molecule has 1 aliphatic rings.